The van der Waals surface area contributed by atoms with Gasteiger partial charge in [0.05, 0.1) is 18.7 Å². The van der Waals surface area contributed by atoms with Gasteiger partial charge in [-0.1, -0.05) is 45.4 Å². The summed E-state index contributed by atoms with van der Waals surface area (Å²) in [5.74, 6) is -0.496. The van der Waals surface area contributed by atoms with Gasteiger partial charge in [-0.15, -0.1) is 0 Å². The molecular formula is C28H32N2O4. The smallest absolute Gasteiger partial charge is 0.295 e. The molecule has 2 N–H and O–H groups in total. The van der Waals surface area contributed by atoms with Gasteiger partial charge in [-0.3, -0.25) is 9.59 Å². The second-order valence-corrected chi connectivity index (χ2v) is 9.17. The van der Waals surface area contributed by atoms with Crippen LogP contribution in [0.5, 0.6) is 5.75 Å². The molecule has 2 aromatic carbocycles. The molecule has 3 aromatic rings. The number of nitrogens with zero attached hydrogens (tertiary/aromatic N) is 1. The molecule has 1 aromatic heterocycles. The number of aliphatic hydroxyl groups is 1. The summed E-state index contributed by atoms with van der Waals surface area (Å²) in [7, 11) is 1.61. The quantitative estimate of drug-likeness (QED) is 0.264. The number of aromatic nitrogens is 1. The van der Waals surface area contributed by atoms with Crippen LogP contribution in [0, 0.1) is 6.92 Å². The SMILES string of the molecule is CCCCN1C(=O)C(=O)/C(=C(/O)c2ccc(OC)c(C(C)C)c2)C1c1c(C)[nH]c2ccccc12. The summed E-state index contributed by atoms with van der Waals surface area (Å²) in [6, 6.07) is 12.6. The van der Waals surface area contributed by atoms with E-state index in [-0.39, 0.29) is 17.3 Å². The van der Waals surface area contributed by atoms with E-state index in [1.807, 2.05) is 58.0 Å². The molecule has 1 unspecified atom stereocenters. The zero-order valence-electron chi connectivity index (χ0n) is 20.4. The third kappa shape index (κ3) is 3.87. The van der Waals surface area contributed by atoms with Crippen molar-refractivity contribution in [1.29, 1.82) is 0 Å². The molecule has 0 aliphatic carbocycles. The minimum absolute atomic E-state index is 0.133. The number of methoxy groups -OCH3 is 1. The first kappa shape index (κ1) is 23.6. The van der Waals surface area contributed by atoms with Crippen LogP contribution in [0.25, 0.3) is 16.7 Å². The molecule has 0 spiro atoms. The highest BCUT2D eigenvalue weighted by atomic mass is 16.5. The average molecular weight is 461 g/mol. The summed E-state index contributed by atoms with van der Waals surface area (Å²) >= 11 is 0. The largest absolute Gasteiger partial charge is 0.507 e. The molecule has 0 bridgehead atoms. The molecule has 6 heteroatoms. The number of aryl methyl sites for hydroxylation is 1. The number of likely N-dealkylation sites (tertiary alicyclic amines) is 1. The van der Waals surface area contributed by atoms with Gasteiger partial charge in [-0.05, 0) is 49.1 Å². The van der Waals surface area contributed by atoms with Crippen molar-refractivity contribution in [2.24, 2.45) is 0 Å². The summed E-state index contributed by atoms with van der Waals surface area (Å²) in [4.78, 5) is 31.5. The fraction of sp³-hybridized carbons (Fsp3) is 0.357. The maximum atomic E-state index is 13.3. The Morgan fingerprint density at radius 3 is 2.59 bits per heavy atom. The fourth-order valence-corrected chi connectivity index (χ4v) is 4.88. The van der Waals surface area contributed by atoms with Gasteiger partial charge in [-0.25, -0.2) is 0 Å². The van der Waals surface area contributed by atoms with Crippen LogP contribution in [0.3, 0.4) is 0 Å². The Morgan fingerprint density at radius 2 is 1.91 bits per heavy atom. The predicted octanol–water partition coefficient (Wildman–Crippen LogP) is 5.83. The van der Waals surface area contributed by atoms with Gasteiger partial charge >= 0.3 is 0 Å². The number of unbranched alkanes of at least 4 members (excludes halogenated alkanes) is 1. The predicted molar refractivity (Wildman–Crippen MR) is 134 cm³/mol. The van der Waals surface area contributed by atoms with Gasteiger partial charge in [-0.2, -0.15) is 0 Å². The Balaban J connectivity index is 1.96. The molecular weight excluding hydrogens is 428 g/mol. The number of nitrogens with one attached hydrogen (secondary N) is 1. The zero-order chi connectivity index (χ0) is 24.6. The molecule has 6 nitrogen and oxygen atoms in total. The molecule has 0 saturated carbocycles. The Labute approximate surface area is 200 Å². The van der Waals surface area contributed by atoms with Gasteiger partial charge in [0.25, 0.3) is 11.7 Å². The maximum Gasteiger partial charge on any atom is 0.295 e. The minimum Gasteiger partial charge on any atom is -0.507 e. The van der Waals surface area contributed by atoms with E-state index in [1.54, 1.807) is 24.1 Å². The highest BCUT2D eigenvalue weighted by Crippen LogP contribution is 2.44. The second kappa shape index (κ2) is 9.37. The Morgan fingerprint density at radius 1 is 1.18 bits per heavy atom. The number of ketones is 1. The number of amides is 1. The lowest BCUT2D eigenvalue weighted by atomic mass is 9.92. The van der Waals surface area contributed by atoms with E-state index in [2.05, 4.69) is 4.98 Å². The summed E-state index contributed by atoms with van der Waals surface area (Å²) in [5.41, 5.74) is 4.21. The number of aliphatic hydroxyl groups excluding tert-OH is 1. The molecule has 1 aliphatic heterocycles. The number of carbonyl (C=O) groups excluding carboxylic acids is 2. The topological polar surface area (TPSA) is 82.6 Å². The lowest BCUT2D eigenvalue weighted by Crippen LogP contribution is -2.30. The van der Waals surface area contributed by atoms with Crippen LogP contribution in [0.2, 0.25) is 0 Å². The maximum absolute atomic E-state index is 13.3. The number of hydrogen-bond donors (Lipinski definition) is 2. The first-order valence-corrected chi connectivity index (χ1v) is 11.8. The van der Waals surface area contributed by atoms with E-state index >= 15 is 0 Å². The third-order valence-corrected chi connectivity index (χ3v) is 6.63. The number of fused-ring (bicyclic) bond motifs is 1. The number of benzene rings is 2. The number of aromatic amines is 1. The van der Waals surface area contributed by atoms with Crippen LogP contribution in [-0.2, 0) is 9.59 Å². The van der Waals surface area contributed by atoms with Gasteiger partial charge in [0.15, 0.2) is 0 Å². The van der Waals surface area contributed by atoms with Crippen molar-refractivity contribution in [1.82, 2.24) is 9.88 Å². The van der Waals surface area contributed by atoms with Crippen molar-refractivity contribution < 1.29 is 19.4 Å². The van der Waals surface area contributed by atoms with Gasteiger partial charge in [0.1, 0.15) is 11.5 Å². The minimum atomic E-state index is -0.660. The number of H-pyrrole nitrogens is 1. The third-order valence-electron chi connectivity index (χ3n) is 6.63. The molecule has 1 aliphatic rings. The molecule has 1 atom stereocenters. The zero-order valence-corrected chi connectivity index (χ0v) is 20.4. The average Bonchev–Trinajstić information content (AvgIpc) is 3.28. The molecule has 1 saturated heterocycles. The van der Waals surface area contributed by atoms with E-state index in [9.17, 15) is 14.7 Å². The normalized spacial score (nSPS) is 17.8. The van der Waals surface area contributed by atoms with Crippen molar-refractivity contribution in [2.45, 2.75) is 52.5 Å². The van der Waals surface area contributed by atoms with Gasteiger partial charge in [0, 0.05) is 34.3 Å². The van der Waals surface area contributed by atoms with Crippen molar-refractivity contribution in [3.05, 3.63) is 70.4 Å². The first-order chi connectivity index (χ1) is 16.3. The first-order valence-electron chi connectivity index (χ1n) is 11.8. The Bertz CT molecular complexity index is 1280. The number of hydrogen-bond acceptors (Lipinski definition) is 4. The van der Waals surface area contributed by atoms with E-state index in [1.165, 1.54) is 0 Å². The molecule has 0 radical (unpaired) electrons. The van der Waals surface area contributed by atoms with Crippen molar-refractivity contribution >= 4 is 28.4 Å². The Kier molecular flexibility index (Phi) is 6.51. The lowest BCUT2D eigenvalue weighted by molar-refractivity contribution is -0.139. The monoisotopic (exact) mass is 460 g/mol. The molecule has 4 rings (SSSR count). The van der Waals surface area contributed by atoms with E-state index in [0.717, 1.165) is 46.3 Å². The molecule has 178 valence electrons. The standard InChI is InChI=1S/C28H32N2O4/c1-6-7-14-30-25(23-17(4)29-21-11-9-8-10-19(21)23)24(27(32)28(30)33)26(31)18-12-13-22(34-5)20(15-18)16(2)3/h8-13,15-16,25,29,31H,6-7,14H2,1-5H3/b26-24+. The van der Waals surface area contributed by atoms with E-state index in [0.29, 0.717) is 12.1 Å². The van der Waals surface area contributed by atoms with Crippen molar-refractivity contribution in [2.75, 3.05) is 13.7 Å². The Hall–Kier alpha value is -3.54. The fourth-order valence-electron chi connectivity index (χ4n) is 4.88. The van der Waals surface area contributed by atoms with Crippen LogP contribution in [-0.4, -0.2) is 40.3 Å². The summed E-state index contributed by atoms with van der Waals surface area (Å²) in [5, 5.41) is 12.4. The second-order valence-electron chi connectivity index (χ2n) is 9.17. The van der Waals surface area contributed by atoms with Crippen LogP contribution < -0.4 is 4.74 Å². The highest BCUT2D eigenvalue weighted by molar-refractivity contribution is 6.46. The van der Waals surface area contributed by atoms with Crippen LogP contribution in [0.15, 0.2) is 48.0 Å². The van der Waals surface area contributed by atoms with Crippen LogP contribution >= 0.6 is 0 Å². The van der Waals surface area contributed by atoms with Gasteiger partial charge in [0.2, 0.25) is 0 Å². The molecule has 1 amide bonds. The summed E-state index contributed by atoms with van der Waals surface area (Å²) in [6.07, 6.45) is 1.66. The number of para-hydroxylation sites is 1. The van der Waals surface area contributed by atoms with Crippen molar-refractivity contribution in [3.63, 3.8) is 0 Å². The molecule has 34 heavy (non-hydrogen) atoms. The summed E-state index contributed by atoms with van der Waals surface area (Å²) < 4.78 is 5.48. The lowest BCUT2D eigenvalue weighted by Gasteiger charge is -2.25. The van der Waals surface area contributed by atoms with E-state index < -0.39 is 17.7 Å². The van der Waals surface area contributed by atoms with E-state index in [4.69, 9.17) is 4.74 Å². The number of carbonyl (C=O) groups is 2. The number of ether oxygens (including phenoxy) is 1. The molecule has 1 fully saturated rings. The number of rotatable bonds is 7. The van der Waals surface area contributed by atoms with Crippen LogP contribution in [0.4, 0.5) is 0 Å². The van der Waals surface area contributed by atoms with Crippen molar-refractivity contribution in [3.8, 4) is 5.75 Å². The molecule has 2 heterocycles. The highest BCUT2D eigenvalue weighted by Gasteiger charge is 2.47. The van der Waals surface area contributed by atoms with Crippen LogP contribution in [0.1, 0.15) is 68.0 Å². The number of Topliss-reactive ketones (excluding diaryl/α,β-unsaturated/α-hetero) is 1. The summed E-state index contributed by atoms with van der Waals surface area (Å²) in [6.45, 7) is 8.52. The van der Waals surface area contributed by atoms with Gasteiger partial charge < -0.3 is 19.7 Å².